The van der Waals surface area contributed by atoms with E-state index in [9.17, 15) is 4.79 Å². The van der Waals surface area contributed by atoms with Crippen molar-refractivity contribution >= 4 is 17.7 Å². The summed E-state index contributed by atoms with van der Waals surface area (Å²) in [4.78, 5) is 16.3. The molecule has 0 bridgehead atoms. The maximum Gasteiger partial charge on any atom is 0.233 e. The number of aromatic nitrogens is 1. The van der Waals surface area contributed by atoms with Gasteiger partial charge in [0.15, 0.2) is 0 Å². The van der Waals surface area contributed by atoms with Gasteiger partial charge in [-0.2, -0.15) is 0 Å². The standard InChI is InChI=1S/C15H24N2O2S/c1-11(2)14(20-10-12(3)9-18)15(19)17-8-13-5-4-6-16-7-13/h4-7,11-12,14,18H,8-10H2,1-3H3,(H,17,19). The lowest BCUT2D eigenvalue weighted by molar-refractivity contribution is -0.121. The lowest BCUT2D eigenvalue weighted by Crippen LogP contribution is -2.36. The van der Waals surface area contributed by atoms with Crippen molar-refractivity contribution in [3.63, 3.8) is 0 Å². The van der Waals surface area contributed by atoms with Crippen molar-refractivity contribution in [1.82, 2.24) is 10.3 Å². The summed E-state index contributed by atoms with van der Waals surface area (Å²) in [5.74, 6) is 1.32. The molecule has 112 valence electrons. The zero-order chi connectivity index (χ0) is 15.0. The molecule has 0 fully saturated rings. The third kappa shape index (κ3) is 5.92. The number of carbonyl (C=O) groups is 1. The molecule has 2 N–H and O–H groups in total. The van der Waals surface area contributed by atoms with Crippen LogP contribution in [-0.4, -0.2) is 33.6 Å². The number of aliphatic hydroxyl groups excluding tert-OH is 1. The number of carbonyl (C=O) groups excluding carboxylic acids is 1. The van der Waals surface area contributed by atoms with Crippen LogP contribution in [0, 0.1) is 11.8 Å². The van der Waals surface area contributed by atoms with Gasteiger partial charge in [-0.3, -0.25) is 9.78 Å². The van der Waals surface area contributed by atoms with E-state index in [0.29, 0.717) is 6.54 Å². The largest absolute Gasteiger partial charge is 0.396 e. The first-order chi connectivity index (χ1) is 9.54. The fourth-order valence-electron chi connectivity index (χ4n) is 1.68. The van der Waals surface area contributed by atoms with Crippen LogP contribution in [0.3, 0.4) is 0 Å². The Morgan fingerprint density at radius 3 is 2.75 bits per heavy atom. The highest BCUT2D eigenvalue weighted by molar-refractivity contribution is 8.00. The van der Waals surface area contributed by atoms with Crippen molar-refractivity contribution in [2.75, 3.05) is 12.4 Å². The fraction of sp³-hybridized carbons (Fsp3) is 0.600. The quantitative estimate of drug-likeness (QED) is 0.771. The molecule has 0 saturated carbocycles. The molecule has 1 aromatic rings. The Labute approximate surface area is 125 Å². The van der Waals surface area contributed by atoms with Crippen LogP contribution in [0.5, 0.6) is 0 Å². The lowest BCUT2D eigenvalue weighted by atomic mass is 10.1. The van der Waals surface area contributed by atoms with Crippen molar-refractivity contribution < 1.29 is 9.90 Å². The van der Waals surface area contributed by atoms with Crippen LogP contribution in [0.1, 0.15) is 26.3 Å². The molecular formula is C15H24N2O2S. The van der Waals surface area contributed by atoms with E-state index in [2.05, 4.69) is 10.3 Å². The first-order valence-electron chi connectivity index (χ1n) is 6.93. The van der Waals surface area contributed by atoms with Gasteiger partial charge in [0.1, 0.15) is 0 Å². The second-order valence-corrected chi connectivity index (χ2v) is 6.54. The molecule has 5 heteroatoms. The molecule has 20 heavy (non-hydrogen) atoms. The first kappa shape index (κ1) is 17.0. The summed E-state index contributed by atoms with van der Waals surface area (Å²) in [7, 11) is 0. The van der Waals surface area contributed by atoms with Gasteiger partial charge in [-0.15, -0.1) is 11.8 Å². The summed E-state index contributed by atoms with van der Waals surface area (Å²) in [6, 6.07) is 3.80. The number of rotatable bonds is 8. The number of aliphatic hydroxyl groups is 1. The topological polar surface area (TPSA) is 62.2 Å². The molecule has 2 atom stereocenters. The third-order valence-corrected chi connectivity index (χ3v) is 4.80. The Morgan fingerprint density at radius 2 is 2.20 bits per heavy atom. The minimum atomic E-state index is -0.0827. The predicted molar refractivity (Wildman–Crippen MR) is 83.4 cm³/mol. The van der Waals surface area contributed by atoms with Gasteiger partial charge in [0, 0.05) is 25.5 Å². The highest BCUT2D eigenvalue weighted by Gasteiger charge is 2.23. The van der Waals surface area contributed by atoms with Crippen molar-refractivity contribution in [1.29, 1.82) is 0 Å². The molecule has 1 heterocycles. The Kier molecular flexibility index (Phi) is 7.62. The number of nitrogens with zero attached hydrogens (tertiary/aromatic N) is 1. The van der Waals surface area contributed by atoms with Gasteiger partial charge >= 0.3 is 0 Å². The minimum absolute atomic E-state index is 0.0546. The molecule has 1 amide bonds. The van der Waals surface area contributed by atoms with Crippen molar-refractivity contribution in [2.24, 2.45) is 11.8 Å². The van der Waals surface area contributed by atoms with Crippen LogP contribution in [0.4, 0.5) is 0 Å². The Morgan fingerprint density at radius 1 is 1.45 bits per heavy atom. The lowest BCUT2D eigenvalue weighted by Gasteiger charge is -2.21. The van der Waals surface area contributed by atoms with Crippen LogP contribution in [0.15, 0.2) is 24.5 Å². The molecule has 0 saturated heterocycles. The number of hydrogen-bond donors (Lipinski definition) is 2. The number of hydrogen-bond acceptors (Lipinski definition) is 4. The molecule has 1 aromatic heterocycles. The number of nitrogens with one attached hydrogen (secondary N) is 1. The van der Waals surface area contributed by atoms with E-state index in [1.807, 2.05) is 32.9 Å². The molecule has 0 aliphatic carbocycles. The van der Waals surface area contributed by atoms with Crippen LogP contribution in [-0.2, 0) is 11.3 Å². The molecular weight excluding hydrogens is 272 g/mol. The van der Waals surface area contributed by atoms with E-state index in [0.717, 1.165) is 11.3 Å². The average Bonchev–Trinajstić information content (AvgIpc) is 2.45. The summed E-state index contributed by atoms with van der Waals surface area (Å²) >= 11 is 1.62. The van der Waals surface area contributed by atoms with E-state index in [4.69, 9.17) is 5.11 Å². The van der Waals surface area contributed by atoms with Gasteiger partial charge in [-0.1, -0.05) is 26.8 Å². The summed E-state index contributed by atoms with van der Waals surface area (Å²) < 4.78 is 0. The SMILES string of the molecule is CC(CO)CSC(C(=O)NCc1cccnc1)C(C)C. The highest BCUT2D eigenvalue weighted by Crippen LogP contribution is 2.22. The van der Waals surface area contributed by atoms with Crippen LogP contribution in [0.2, 0.25) is 0 Å². The maximum atomic E-state index is 12.2. The predicted octanol–water partition coefficient (Wildman–Crippen LogP) is 2.08. The number of thioether (sulfide) groups is 1. The highest BCUT2D eigenvalue weighted by atomic mass is 32.2. The smallest absolute Gasteiger partial charge is 0.233 e. The molecule has 4 nitrogen and oxygen atoms in total. The molecule has 0 radical (unpaired) electrons. The summed E-state index contributed by atoms with van der Waals surface area (Å²) in [6.07, 6.45) is 3.47. The zero-order valence-corrected chi connectivity index (χ0v) is 13.2. The van der Waals surface area contributed by atoms with E-state index in [-0.39, 0.29) is 29.6 Å². The molecule has 0 spiro atoms. The average molecular weight is 296 g/mol. The summed E-state index contributed by atoms with van der Waals surface area (Å²) in [5, 5.41) is 11.9. The molecule has 0 aromatic carbocycles. The zero-order valence-electron chi connectivity index (χ0n) is 12.4. The Hall–Kier alpha value is -1.07. The van der Waals surface area contributed by atoms with E-state index in [1.54, 1.807) is 24.2 Å². The van der Waals surface area contributed by atoms with Crippen LogP contribution in [0.25, 0.3) is 0 Å². The second kappa shape index (κ2) is 8.97. The second-order valence-electron chi connectivity index (χ2n) is 5.36. The Balaban J connectivity index is 2.47. The molecule has 0 aliphatic heterocycles. The maximum absolute atomic E-state index is 12.2. The van der Waals surface area contributed by atoms with E-state index < -0.39 is 0 Å². The molecule has 0 aliphatic rings. The van der Waals surface area contributed by atoms with Gasteiger partial charge in [0.25, 0.3) is 0 Å². The van der Waals surface area contributed by atoms with Crippen molar-refractivity contribution in [2.45, 2.75) is 32.6 Å². The fourth-order valence-corrected chi connectivity index (χ4v) is 2.94. The van der Waals surface area contributed by atoms with Gasteiger partial charge in [0.05, 0.1) is 5.25 Å². The van der Waals surface area contributed by atoms with Gasteiger partial charge in [0.2, 0.25) is 5.91 Å². The normalized spacial score (nSPS) is 14.1. The van der Waals surface area contributed by atoms with E-state index in [1.165, 1.54) is 0 Å². The monoisotopic (exact) mass is 296 g/mol. The summed E-state index contributed by atoms with van der Waals surface area (Å²) in [6.45, 7) is 6.74. The van der Waals surface area contributed by atoms with E-state index >= 15 is 0 Å². The van der Waals surface area contributed by atoms with Crippen molar-refractivity contribution in [3.8, 4) is 0 Å². The Bertz CT molecular complexity index is 398. The number of amides is 1. The van der Waals surface area contributed by atoms with Crippen LogP contribution < -0.4 is 5.32 Å². The summed E-state index contributed by atoms with van der Waals surface area (Å²) in [5.41, 5.74) is 0.997. The number of pyridine rings is 1. The third-order valence-electron chi connectivity index (χ3n) is 2.93. The molecule has 2 unspecified atom stereocenters. The first-order valence-corrected chi connectivity index (χ1v) is 7.98. The molecule has 1 rings (SSSR count). The van der Waals surface area contributed by atoms with Gasteiger partial charge in [-0.05, 0) is 29.2 Å². The van der Waals surface area contributed by atoms with Crippen LogP contribution >= 0.6 is 11.8 Å². The van der Waals surface area contributed by atoms with Gasteiger partial charge < -0.3 is 10.4 Å². The van der Waals surface area contributed by atoms with Gasteiger partial charge in [-0.25, -0.2) is 0 Å². The minimum Gasteiger partial charge on any atom is -0.396 e. The van der Waals surface area contributed by atoms with Crippen molar-refractivity contribution in [3.05, 3.63) is 30.1 Å².